The summed E-state index contributed by atoms with van der Waals surface area (Å²) in [5.74, 6) is 1.75. The molecular weight excluding hydrogens is 378 g/mol. The summed E-state index contributed by atoms with van der Waals surface area (Å²) in [7, 11) is -0.946. The predicted octanol–water partition coefficient (Wildman–Crippen LogP) is 3.31. The van der Waals surface area contributed by atoms with Gasteiger partial charge in [-0.25, -0.2) is 13.4 Å². The molecule has 0 atom stereocenters. The molecule has 7 nitrogen and oxygen atoms in total. The number of nitrogens with one attached hydrogen (secondary N) is 1. The lowest BCUT2D eigenvalue weighted by Gasteiger charge is -2.13. The van der Waals surface area contributed by atoms with Crippen LogP contribution in [0.15, 0.2) is 53.6 Å². The Balaban J connectivity index is 1.68. The van der Waals surface area contributed by atoms with Gasteiger partial charge >= 0.3 is 0 Å². The van der Waals surface area contributed by atoms with E-state index in [1.54, 1.807) is 18.2 Å². The minimum absolute atomic E-state index is 0.0185. The van der Waals surface area contributed by atoms with E-state index in [0.717, 1.165) is 36.5 Å². The van der Waals surface area contributed by atoms with Crippen LogP contribution in [0.5, 0.6) is 11.5 Å². The van der Waals surface area contributed by atoms with Crippen molar-refractivity contribution in [2.45, 2.75) is 24.3 Å². The van der Waals surface area contributed by atoms with Crippen LogP contribution in [0, 0.1) is 0 Å². The Morgan fingerprint density at radius 1 is 1.11 bits per heavy atom. The molecule has 0 radical (unpaired) electrons. The molecule has 0 saturated heterocycles. The molecule has 1 N–H and O–H groups in total. The van der Waals surface area contributed by atoms with Crippen LogP contribution >= 0.6 is 0 Å². The number of rotatable bonds is 6. The molecular formula is C20H21N3O4S. The lowest BCUT2D eigenvalue weighted by molar-refractivity contribution is 0.392. The normalized spacial score (nSPS) is 13.2. The zero-order valence-corrected chi connectivity index (χ0v) is 16.5. The zero-order chi connectivity index (χ0) is 19.7. The fraction of sp³-hybridized carbons (Fsp3) is 0.250. The van der Waals surface area contributed by atoms with Crippen molar-refractivity contribution < 1.29 is 17.9 Å². The van der Waals surface area contributed by atoms with Crippen molar-refractivity contribution in [1.29, 1.82) is 0 Å². The molecule has 0 fully saturated rings. The van der Waals surface area contributed by atoms with Crippen LogP contribution in [0.2, 0.25) is 0 Å². The molecule has 146 valence electrons. The largest absolute Gasteiger partial charge is 0.497 e. The molecule has 4 rings (SSSR count). The van der Waals surface area contributed by atoms with Gasteiger partial charge in [0.1, 0.15) is 22.2 Å². The summed E-state index contributed by atoms with van der Waals surface area (Å²) < 4.78 is 41.1. The van der Waals surface area contributed by atoms with Crippen molar-refractivity contribution in [3.8, 4) is 22.8 Å². The molecule has 8 heteroatoms. The number of aromatic nitrogens is 2. The van der Waals surface area contributed by atoms with Crippen molar-refractivity contribution in [3.05, 3.63) is 54.5 Å². The van der Waals surface area contributed by atoms with Gasteiger partial charge in [0.15, 0.2) is 0 Å². The zero-order valence-electron chi connectivity index (χ0n) is 15.7. The maximum absolute atomic E-state index is 13.0. The molecule has 1 aliphatic rings. The second-order valence-corrected chi connectivity index (χ2v) is 8.17. The second kappa shape index (κ2) is 7.20. The Bertz CT molecular complexity index is 1120. The molecule has 0 saturated carbocycles. The first-order valence-corrected chi connectivity index (χ1v) is 10.4. The van der Waals surface area contributed by atoms with E-state index in [0.29, 0.717) is 11.4 Å². The Labute approximate surface area is 164 Å². The molecule has 28 heavy (non-hydrogen) atoms. The third-order valence-corrected chi connectivity index (χ3v) is 6.19. The van der Waals surface area contributed by atoms with Crippen molar-refractivity contribution in [1.82, 2.24) is 9.55 Å². The summed E-state index contributed by atoms with van der Waals surface area (Å²) in [4.78, 5) is 4.48. The smallest absolute Gasteiger partial charge is 0.265 e. The van der Waals surface area contributed by atoms with E-state index in [9.17, 15) is 8.42 Å². The molecule has 1 aliphatic heterocycles. The Morgan fingerprint density at radius 3 is 2.75 bits per heavy atom. The third kappa shape index (κ3) is 3.31. The number of hydrogen-bond donors (Lipinski definition) is 1. The quantitative estimate of drug-likeness (QED) is 0.688. The van der Waals surface area contributed by atoms with Gasteiger partial charge in [-0.3, -0.25) is 4.72 Å². The van der Waals surface area contributed by atoms with Crippen LogP contribution in [-0.2, 0) is 23.0 Å². The second-order valence-electron chi connectivity index (χ2n) is 6.52. The number of methoxy groups -OCH3 is 2. The average Bonchev–Trinajstić information content (AvgIpc) is 3.31. The Morgan fingerprint density at radius 2 is 1.96 bits per heavy atom. The van der Waals surface area contributed by atoms with E-state index in [2.05, 4.69) is 14.3 Å². The number of anilines is 1. The number of imidazole rings is 1. The number of benzene rings is 2. The number of sulfonamides is 1. The topological polar surface area (TPSA) is 82.4 Å². The van der Waals surface area contributed by atoms with E-state index in [-0.39, 0.29) is 10.6 Å². The van der Waals surface area contributed by atoms with E-state index in [1.807, 2.05) is 24.4 Å². The highest BCUT2D eigenvalue weighted by Crippen LogP contribution is 2.31. The van der Waals surface area contributed by atoms with Gasteiger partial charge in [-0.2, -0.15) is 0 Å². The average molecular weight is 399 g/mol. The first-order chi connectivity index (χ1) is 13.5. The molecule has 0 spiro atoms. The Kier molecular flexibility index (Phi) is 4.72. The van der Waals surface area contributed by atoms with Gasteiger partial charge in [0.2, 0.25) is 0 Å². The molecule has 0 amide bonds. The van der Waals surface area contributed by atoms with Gasteiger partial charge in [-0.1, -0.05) is 12.1 Å². The molecule has 3 aromatic rings. The lowest BCUT2D eigenvalue weighted by atomic mass is 10.1. The number of aryl methyl sites for hydroxylation is 1. The summed E-state index contributed by atoms with van der Waals surface area (Å²) in [5.41, 5.74) is 2.38. The van der Waals surface area contributed by atoms with E-state index in [1.165, 1.54) is 20.3 Å². The van der Waals surface area contributed by atoms with E-state index < -0.39 is 10.0 Å². The SMILES string of the molecule is COc1ccc(OC)c(S(=O)(=O)Nc2cccc(-c3cnc4n3CCC4)c2)c1. The van der Waals surface area contributed by atoms with Crippen molar-refractivity contribution in [2.24, 2.45) is 0 Å². The van der Waals surface area contributed by atoms with Gasteiger partial charge in [0.25, 0.3) is 10.0 Å². The minimum atomic E-state index is -3.86. The highest BCUT2D eigenvalue weighted by molar-refractivity contribution is 7.92. The van der Waals surface area contributed by atoms with Crippen molar-refractivity contribution in [3.63, 3.8) is 0 Å². The molecule has 0 unspecified atom stereocenters. The van der Waals surface area contributed by atoms with E-state index in [4.69, 9.17) is 9.47 Å². The van der Waals surface area contributed by atoms with Gasteiger partial charge in [-0.05, 0) is 30.7 Å². The maximum atomic E-state index is 13.0. The molecule has 2 aromatic carbocycles. The fourth-order valence-corrected chi connectivity index (χ4v) is 4.67. The highest BCUT2D eigenvalue weighted by Gasteiger charge is 2.22. The minimum Gasteiger partial charge on any atom is -0.497 e. The third-order valence-electron chi connectivity index (χ3n) is 4.79. The summed E-state index contributed by atoms with van der Waals surface area (Å²) in [5, 5.41) is 0. The summed E-state index contributed by atoms with van der Waals surface area (Å²) in [6.45, 7) is 0.932. The maximum Gasteiger partial charge on any atom is 0.265 e. The number of fused-ring (bicyclic) bond motifs is 1. The van der Waals surface area contributed by atoms with Gasteiger partial charge in [0, 0.05) is 30.3 Å². The highest BCUT2D eigenvalue weighted by atomic mass is 32.2. The number of hydrogen-bond acceptors (Lipinski definition) is 5. The lowest BCUT2D eigenvalue weighted by Crippen LogP contribution is -2.14. The number of nitrogens with zero attached hydrogens (tertiary/aromatic N) is 2. The summed E-state index contributed by atoms with van der Waals surface area (Å²) in [6, 6.07) is 12.0. The van der Waals surface area contributed by atoms with Gasteiger partial charge in [-0.15, -0.1) is 0 Å². The molecule has 2 heterocycles. The van der Waals surface area contributed by atoms with E-state index >= 15 is 0 Å². The number of ether oxygens (including phenoxy) is 2. The Hall–Kier alpha value is -3.00. The van der Waals surface area contributed by atoms with Crippen molar-refractivity contribution >= 4 is 15.7 Å². The van der Waals surface area contributed by atoms with Gasteiger partial charge < -0.3 is 14.0 Å². The van der Waals surface area contributed by atoms with Crippen LogP contribution in [-0.4, -0.2) is 32.2 Å². The van der Waals surface area contributed by atoms with Crippen LogP contribution < -0.4 is 14.2 Å². The van der Waals surface area contributed by atoms with Crippen LogP contribution in [0.1, 0.15) is 12.2 Å². The molecule has 1 aromatic heterocycles. The predicted molar refractivity (Wildman–Crippen MR) is 106 cm³/mol. The van der Waals surface area contributed by atoms with Crippen molar-refractivity contribution in [2.75, 3.05) is 18.9 Å². The standard InChI is InChI=1S/C20H21N3O4S/c1-26-16-8-9-18(27-2)19(12-16)28(24,25)22-15-6-3-5-14(11-15)17-13-21-20-7-4-10-23(17)20/h3,5-6,8-9,11-13,22H,4,7,10H2,1-2H3. The monoisotopic (exact) mass is 399 g/mol. The fourth-order valence-electron chi connectivity index (χ4n) is 3.43. The molecule has 0 aliphatic carbocycles. The van der Waals surface area contributed by atoms with Crippen LogP contribution in [0.4, 0.5) is 5.69 Å². The van der Waals surface area contributed by atoms with Crippen LogP contribution in [0.25, 0.3) is 11.3 Å². The summed E-state index contributed by atoms with van der Waals surface area (Å²) >= 11 is 0. The molecule has 0 bridgehead atoms. The van der Waals surface area contributed by atoms with Gasteiger partial charge in [0.05, 0.1) is 26.1 Å². The summed E-state index contributed by atoms with van der Waals surface area (Å²) in [6.07, 6.45) is 3.90. The first kappa shape index (κ1) is 18.4. The van der Waals surface area contributed by atoms with Crippen LogP contribution in [0.3, 0.4) is 0 Å². The first-order valence-electron chi connectivity index (χ1n) is 8.91.